The van der Waals surface area contributed by atoms with Gasteiger partial charge >= 0.3 is 6.03 Å². The zero-order valence-electron chi connectivity index (χ0n) is 16.4. The van der Waals surface area contributed by atoms with Crippen molar-refractivity contribution in [1.82, 2.24) is 15.1 Å². The quantitative estimate of drug-likeness (QED) is 0.667. The minimum atomic E-state index is -1.06. The van der Waals surface area contributed by atoms with Crippen LogP contribution >= 0.6 is 0 Å². The van der Waals surface area contributed by atoms with E-state index in [1.165, 1.54) is 0 Å². The number of carbonyl (C=O) groups excluding carboxylic acids is 3. The van der Waals surface area contributed by atoms with E-state index in [-0.39, 0.29) is 18.4 Å². The summed E-state index contributed by atoms with van der Waals surface area (Å²) in [4.78, 5) is 41.2. The van der Waals surface area contributed by atoms with Crippen LogP contribution < -0.4 is 5.32 Å². The number of nitrogens with one attached hydrogen (secondary N) is 1. The molecule has 8 heteroatoms. The smallest absolute Gasteiger partial charge is 0.325 e. The molecule has 1 spiro atoms. The van der Waals surface area contributed by atoms with E-state index in [0.717, 1.165) is 28.9 Å². The second-order valence-corrected chi connectivity index (χ2v) is 7.10. The van der Waals surface area contributed by atoms with Crippen LogP contribution in [0.25, 0.3) is 0 Å². The monoisotopic (exact) mass is 389 g/mol. The maximum atomic E-state index is 13.3. The summed E-state index contributed by atoms with van der Waals surface area (Å²) in [6.45, 7) is 1.19. The van der Waals surface area contributed by atoms with Crippen molar-refractivity contribution in [3.05, 3.63) is 35.4 Å². The number of fused-ring (bicyclic) bond motifs is 2. The number of aryl methyl sites for hydroxylation is 1. The van der Waals surface area contributed by atoms with Gasteiger partial charge in [-0.2, -0.15) is 0 Å². The van der Waals surface area contributed by atoms with E-state index in [1.54, 1.807) is 19.1 Å². The Labute approximate surface area is 164 Å². The van der Waals surface area contributed by atoms with Crippen molar-refractivity contribution in [2.45, 2.75) is 24.8 Å². The Hall–Kier alpha value is -2.45. The molecule has 2 aliphatic rings. The molecule has 0 bridgehead atoms. The Morgan fingerprint density at radius 1 is 1.18 bits per heavy atom. The molecular formula is C20H27N3O5. The average Bonchev–Trinajstić information content (AvgIpc) is 2.93. The molecule has 1 aliphatic heterocycles. The maximum Gasteiger partial charge on any atom is 0.325 e. The molecule has 28 heavy (non-hydrogen) atoms. The van der Waals surface area contributed by atoms with Gasteiger partial charge in [0.15, 0.2) is 0 Å². The molecule has 1 atom stereocenters. The predicted molar refractivity (Wildman–Crippen MR) is 102 cm³/mol. The number of benzene rings is 1. The molecule has 8 nitrogen and oxygen atoms in total. The third kappa shape index (κ3) is 3.74. The van der Waals surface area contributed by atoms with Crippen molar-refractivity contribution in [1.29, 1.82) is 0 Å². The fraction of sp³-hybridized carbons (Fsp3) is 0.550. The summed E-state index contributed by atoms with van der Waals surface area (Å²) < 4.78 is 10.1. The van der Waals surface area contributed by atoms with E-state index in [9.17, 15) is 14.4 Å². The summed E-state index contributed by atoms with van der Waals surface area (Å²) in [6, 6.07) is 7.16. The van der Waals surface area contributed by atoms with Gasteiger partial charge in [0.1, 0.15) is 12.1 Å². The summed E-state index contributed by atoms with van der Waals surface area (Å²) in [5.41, 5.74) is 0.846. The van der Waals surface area contributed by atoms with Crippen molar-refractivity contribution in [3.63, 3.8) is 0 Å². The molecule has 0 radical (unpaired) electrons. The van der Waals surface area contributed by atoms with Crippen LogP contribution in [0.15, 0.2) is 24.3 Å². The molecule has 4 amide bonds. The first-order valence-corrected chi connectivity index (χ1v) is 9.51. The van der Waals surface area contributed by atoms with Gasteiger partial charge in [-0.1, -0.05) is 24.3 Å². The van der Waals surface area contributed by atoms with Crippen LogP contribution in [-0.4, -0.2) is 74.7 Å². The van der Waals surface area contributed by atoms with Crippen LogP contribution in [0.4, 0.5) is 4.79 Å². The molecule has 1 aliphatic carbocycles. The summed E-state index contributed by atoms with van der Waals surface area (Å²) in [7, 11) is 3.11. The number of hydrogen-bond acceptors (Lipinski definition) is 5. The maximum absolute atomic E-state index is 13.3. The Morgan fingerprint density at radius 3 is 2.54 bits per heavy atom. The summed E-state index contributed by atoms with van der Waals surface area (Å²) in [5, 5.41) is 2.87. The Balaban J connectivity index is 1.78. The van der Waals surface area contributed by atoms with Gasteiger partial charge in [0, 0.05) is 27.3 Å². The van der Waals surface area contributed by atoms with E-state index in [0.29, 0.717) is 32.7 Å². The molecule has 152 valence electrons. The summed E-state index contributed by atoms with van der Waals surface area (Å²) in [6.07, 6.45) is 2.22. The molecular weight excluding hydrogens is 362 g/mol. The van der Waals surface area contributed by atoms with Crippen LogP contribution in [-0.2, 0) is 31.0 Å². The number of methoxy groups -OCH3 is 2. The Bertz CT molecular complexity index is 745. The standard InChI is InChI=1S/C20H27N3O5/c1-27-12-10-22(11-13-28-2)17(24)14-23-18(25)20(21-19(23)26)9-5-7-15-6-3-4-8-16(15)20/h3-4,6,8H,5,7,9-14H2,1-2H3,(H,21,26)/t20-/m0/s1. The molecule has 1 N–H and O–H groups in total. The summed E-state index contributed by atoms with van der Waals surface area (Å²) in [5.74, 6) is -0.657. The molecule has 3 rings (SSSR count). The molecule has 0 aromatic heterocycles. The van der Waals surface area contributed by atoms with Crippen molar-refractivity contribution in [3.8, 4) is 0 Å². The average molecular weight is 389 g/mol. The van der Waals surface area contributed by atoms with Crippen molar-refractivity contribution in [2.24, 2.45) is 0 Å². The van der Waals surface area contributed by atoms with Crippen LogP contribution in [0.5, 0.6) is 0 Å². The molecule has 0 saturated carbocycles. The molecule has 0 unspecified atom stereocenters. The minimum Gasteiger partial charge on any atom is -0.383 e. The van der Waals surface area contributed by atoms with Gasteiger partial charge in [-0.25, -0.2) is 4.79 Å². The fourth-order valence-electron chi connectivity index (χ4n) is 3.95. The van der Waals surface area contributed by atoms with Crippen LogP contribution in [0.2, 0.25) is 0 Å². The largest absolute Gasteiger partial charge is 0.383 e. The number of ether oxygens (including phenoxy) is 2. The number of carbonyl (C=O) groups is 3. The highest BCUT2D eigenvalue weighted by atomic mass is 16.5. The Morgan fingerprint density at radius 2 is 1.86 bits per heavy atom. The van der Waals surface area contributed by atoms with E-state index in [1.807, 2.05) is 24.3 Å². The van der Waals surface area contributed by atoms with E-state index in [4.69, 9.17) is 9.47 Å². The summed E-state index contributed by atoms with van der Waals surface area (Å²) >= 11 is 0. The first-order valence-electron chi connectivity index (χ1n) is 9.51. The molecule has 1 fully saturated rings. The third-order valence-electron chi connectivity index (χ3n) is 5.43. The van der Waals surface area contributed by atoms with Crippen molar-refractivity contribution >= 4 is 17.8 Å². The van der Waals surface area contributed by atoms with Gasteiger partial charge < -0.3 is 19.7 Å². The lowest BCUT2D eigenvalue weighted by Gasteiger charge is -2.33. The number of imide groups is 1. The van der Waals surface area contributed by atoms with E-state index in [2.05, 4.69) is 5.32 Å². The lowest BCUT2D eigenvalue weighted by Crippen LogP contribution is -2.48. The van der Waals surface area contributed by atoms with Crippen molar-refractivity contribution in [2.75, 3.05) is 47.1 Å². The number of rotatable bonds is 8. The van der Waals surface area contributed by atoms with Gasteiger partial charge in [-0.3, -0.25) is 14.5 Å². The van der Waals surface area contributed by atoms with Gasteiger partial charge in [0.05, 0.1) is 13.2 Å². The predicted octanol–water partition coefficient (Wildman–Crippen LogP) is 0.891. The van der Waals surface area contributed by atoms with Gasteiger partial charge in [0.25, 0.3) is 5.91 Å². The van der Waals surface area contributed by atoms with E-state index >= 15 is 0 Å². The molecule has 1 heterocycles. The second kappa shape index (κ2) is 8.70. The highest BCUT2D eigenvalue weighted by molar-refractivity contribution is 6.09. The zero-order valence-corrected chi connectivity index (χ0v) is 16.4. The molecule has 1 aromatic carbocycles. The highest BCUT2D eigenvalue weighted by Crippen LogP contribution is 2.39. The fourth-order valence-corrected chi connectivity index (χ4v) is 3.95. The molecule has 1 saturated heterocycles. The van der Waals surface area contributed by atoms with Gasteiger partial charge in [-0.15, -0.1) is 0 Å². The van der Waals surface area contributed by atoms with Gasteiger partial charge in [0.2, 0.25) is 5.91 Å². The first-order chi connectivity index (χ1) is 13.5. The van der Waals surface area contributed by atoms with Crippen molar-refractivity contribution < 1.29 is 23.9 Å². The lowest BCUT2D eigenvalue weighted by atomic mass is 9.76. The minimum absolute atomic E-state index is 0.290. The van der Waals surface area contributed by atoms with Crippen LogP contribution in [0.3, 0.4) is 0 Å². The van der Waals surface area contributed by atoms with E-state index < -0.39 is 11.6 Å². The normalized spacial score (nSPS) is 21.0. The highest BCUT2D eigenvalue weighted by Gasteiger charge is 2.54. The number of amides is 4. The first kappa shape index (κ1) is 20.3. The number of hydrogen-bond donors (Lipinski definition) is 1. The SMILES string of the molecule is COCCN(CCOC)C(=O)CN1C(=O)N[C@]2(CCCc3ccccc32)C1=O. The van der Waals surface area contributed by atoms with Crippen LogP contribution in [0, 0.1) is 0 Å². The topological polar surface area (TPSA) is 88.2 Å². The van der Waals surface area contributed by atoms with Crippen LogP contribution in [0.1, 0.15) is 24.0 Å². The van der Waals surface area contributed by atoms with Gasteiger partial charge in [-0.05, 0) is 30.4 Å². The lowest BCUT2D eigenvalue weighted by molar-refractivity contribution is -0.140. The zero-order chi connectivity index (χ0) is 20.1. The third-order valence-corrected chi connectivity index (χ3v) is 5.43. The second-order valence-electron chi connectivity index (χ2n) is 7.10. The number of nitrogens with zero attached hydrogens (tertiary/aromatic N) is 2. The number of urea groups is 1. The Kier molecular flexibility index (Phi) is 6.31. The molecule has 1 aromatic rings.